The first-order valence-corrected chi connectivity index (χ1v) is 12.4. The number of amides is 2. The first-order valence-electron chi connectivity index (χ1n) is 12.4. The maximum atomic E-state index is 12.9. The molecule has 5 aliphatic rings. The molecule has 1 aromatic rings. The lowest BCUT2D eigenvalue weighted by atomic mass is 9.92. The zero-order chi connectivity index (χ0) is 22.7. The minimum absolute atomic E-state index is 0.232. The Balaban J connectivity index is 1.34. The monoisotopic (exact) mass is 449 g/mol. The van der Waals surface area contributed by atoms with Crippen molar-refractivity contribution in [2.45, 2.75) is 63.5 Å². The maximum absolute atomic E-state index is 12.9. The van der Waals surface area contributed by atoms with Gasteiger partial charge in [0.1, 0.15) is 11.9 Å². The van der Waals surface area contributed by atoms with E-state index in [9.17, 15) is 14.9 Å². The fraction of sp³-hybridized carbons (Fsp3) is 0.680. The van der Waals surface area contributed by atoms with Gasteiger partial charge in [0.2, 0.25) is 5.91 Å². The van der Waals surface area contributed by atoms with Gasteiger partial charge in [-0.3, -0.25) is 4.79 Å². The van der Waals surface area contributed by atoms with Gasteiger partial charge < -0.3 is 19.4 Å². The summed E-state index contributed by atoms with van der Waals surface area (Å²) in [5.41, 5.74) is 3.84. The fourth-order valence-corrected chi connectivity index (χ4v) is 5.70. The lowest BCUT2D eigenvalue weighted by Crippen LogP contribution is -2.57. The van der Waals surface area contributed by atoms with E-state index in [2.05, 4.69) is 15.9 Å². The minimum atomic E-state index is -0.325. The van der Waals surface area contributed by atoms with Crippen LogP contribution in [0.2, 0.25) is 0 Å². The number of nitriles is 1. The largest absolute Gasteiger partial charge is 0.453 e. The van der Waals surface area contributed by atoms with Crippen LogP contribution in [0.15, 0.2) is 0 Å². The summed E-state index contributed by atoms with van der Waals surface area (Å²) in [4.78, 5) is 36.3. The first-order chi connectivity index (χ1) is 16.1. The quantitative estimate of drug-likeness (QED) is 0.702. The third-order valence-electron chi connectivity index (χ3n) is 8.01. The second kappa shape index (κ2) is 7.89. The summed E-state index contributed by atoms with van der Waals surface area (Å²) in [7, 11) is 1.41. The van der Waals surface area contributed by atoms with E-state index >= 15 is 0 Å². The molecule has 8 heteroatoms. The van der Waals surface area contributed by atoms with Crippen molar-refractivity contribution in [1.29, 1.82) is 5.26 Å². The molecule has 2 amide bonds. The van der Waals surface area contributed by atoms with Gasteiger partial charge in [0.25, 0.3) is 0 Å². The van der Waals surface area contributed by atoms with Crippen molar-refractivity contribution >= 4 is 17.8 Å². The van der Waals surface area contributed by atoms with Gasteiger partial charge in [-0.2, -0.15) is 5.26 Å². The molecule has 8 nitrogen and oxygen atoms in total. The standard InChI is InChI=1S/C25H31N5O3/c1-33-25(32)29-9-8-18-19(12-26)23(27-22(16-4-5-16)20(18)13-29)28-10-11-30(24(31)17-6-7-17)21(14-28)15-2-3-15/h15-17,21H,2-11,13-14H2,1H3/t21-/m0/s1. The Morgan fingerprint density at radius 1 is 1.06 bits per heavy atom. The van der Waals surface area contributed by atoms with Crippen molar-refractivity contribution < 1.29 is 14.3 Å². The molecule has 2 aliphatic heterocycles. The van der Waals surface area contributed by atoms with E-state index in [-0.39, 0.29) is 18.1 Å². The lowest BCUT2D eigenvalue weighted by molar-refractivity contribution is -0.135. The van der Waals surface area contributed by atoms with Gasteiger partial charge in [0.05, 0.1) is 31.0 Å². The van der Waals surface area contributed by atoms with Crippen LogP contribution in [0.4, 0.5) is 10.6 Å². The van der Waals surface area contributed by atoms with E-state index in [1.165, 1.54) is 20.0 Å². The number of fused-ring (bicyclic) bond motifs is 1. The second-order valence-electron chi connectivity index (χ2n) is 10.3. The number of methoxy groups -OCH3 is 1. The number of ether oxygens (including phenoxy) is 1. The predicted octanol–water partition coefficient (Wildman–Crippen LogP) is 2.79. The minimum Gasteiger partial charge on any atom is -0.453 e. The molecule has 1 atom stereocenters. The fourth-order valence-electron chi connectivity index (χ4n) is 5.70. The Bertz CT molecular complexity index is 1040. The Morgan fingerprint density at radius 2 is 1.85 bits per heavy atom. The molecule has 3 heterocycles. The Kier molecular flexibility index (Phi) is 4.97. The van der Waals surface area contributed by atoms with Crippen molar-refractivity contribution in [3.63, 3.8) is 0 Å². The van der Waals surface area contributed by atoms with Crippen molar-refractivity contribution in [3.8, 4) is 6.07 Å². The molecule has 4 fully saturated rings. The molecule has 174 valence electrons. The van der Waals surface area contributed by atoms with E-state index in [0.717, 1.165) is 68.0 Å². The van der Waals surface area contributed by atoms with Gasteiger partial charge in [0, 0.05) is 38.0 Å². The van der Waals surface area contributed by atoms with E-state index in [1.54, 1.807) is 4.90 Å². The summed E-state index contributed by atoms with van der Waals surface area (Å²) in [5, 5.41) is 10.2. The average Bonchev–Trinajstić information content (AvgIpc) is 3.70. The Morgan fingerprint density at radius 3 is 2.48 bits per heavy atom. The van der Waals surface area contributed by atoms with Gasteiger partial charge in [-0.1, -0.05) is 0 Å². The molecule has 1 aromatic heterocycles. The van der Waals surface area contributed by atoms with Gasteiger partial charge in [-0.25, -0.2) is 9.78 Å². The number of piperazine rings is 1. The van der Waals surface area contributed by atoms with Crippen LogP contribution in [0.25, 0.3) is 0 Å². The molecule has 0 spiro atoms. The van der Waals surface area contributed by atoms with Crippen LogP contribution in [0.1, 0.15) is 66.8 Å². The molecular weight excluding hydrogens is 418 g/mol. The summed E-state index contributed by atoms with van der Waals surface area (Å²) < 4.78 is 4.95. The van der Waals surface area contributed by atoms with Gasteiger partial charge >= 0.3 is 6.09 Å². The van der Waals surface area contributed by atoms with Crippen molar-refractivity contribution in [1.82, 2.24) is 14.8 Å². The van der Waals surface area contributed by atoms with Crippen LogP contribution in [0, 0.1) is 23.2 Å². The summed E-state index contributed by atoms with van der Waals surface area (Å²) in [6.07, 6.45) is 6.99. The molecular formula is C25H31N5O3. The van der Waals surface area contributed by atoms with Crippen molar-refractivity contribution in [2.75, 3.05) is 38.2 Å². The Labute approximate surface area is 194 Å². The predicted molar refractivity (Wildman–Crippen MR) is 121 cm³/mol. The number of rotatable bonds is 4. The van der Waals surface area contributed by atoms with Crippen LogP contribution >= 0.6 is 0 Å². The molecule has 6 rings (SSSR count). The molecule has 0 aromatic carbocycles. The third kappa shape index (κ3) is 3.71. The molecule has 0 radical (unpaired) electrons. The highest BCUT2D eigenvalue weighted by Crippen LogP contribution is 2.45. The SMILES string of the molecule is COC(=O)N1CCc2c(C#N)c(N3CCN(C(=O)C4CC4)[C@H](C4CC4)C3)nc(C3CC3)c2C1. The molecule has 1 saturated heterocycles. The van der Waals surface area contributed by atoms with Crippen LogP contribution < -0.4 is 4.90 Å². The number of carbonyl (C=O) groups excluding carboxylic acids is 2. The van der Waals surface area contributed by atoms with Crippen LogP contribution in [-0.4, -0.2) is 66.1 Å². The molecule has 3 saturated carbocycles. The number of aromatic nitrogens is 1. The van der Waals surface area contributed by atoms with Crippen LogP contribution in [0.5, 0.6) is 0 Å². The number of hydrogen-bond donors (Lipinski definition) is 0. The van der Waals surface area contributed by atoms with E-state index < -0.39 is 0 Å². The topological polar surface area (TPSA) is 89.8 Å². The number of nitrogens with zero attached hydrogens (tertiary/aromatic N) is 5. The zero-order valence-corrected chi connectivity index (χ0v) is 19.3. The maximum Gasteiger partial charge on any atom is 0.409 e. The van der Waals surface area contributed by atoms with Crippen molar-refractivity contribution in [2.24, 2.45) is 11.8 Å². The smallest absolute Gasteiger partial charge is 0.409 e. The van der Waals surface area contributed by atoms with Crippen LogP contribution in [-0.2, 0) is 22.5 Å². The third-order valence-corrected chi connectivity index (χ3v) is 8.01. The average molecular weight is 450 g/mol. The van der Waals surface area contributed by atoms with Crippen molar-refractivity contribution in [3.05, 3.63) is 22.4 Å². The lowest BCUT2D eigenvalue weighted by Gasteiger charge is -2.43. The first kappa shape index (κ1) is 20.8. The second-order valence-corrected chi connectivity index (χ2v) is 10.3. The van der Waals surface area contributed by atoms with Gasteiger partial charge in [-0.15, -0.1) is 0 Å². The number of pyridine rings is 1. The van der Waals surface area contributed by atoms with E-state index in [1.807, 2.05) is 0 Å². The number of carbonyl (C=O) groups is 2. The summed E-state index contributed by atoms with van der Waals surface area (Å²) in [6.45, 7) is 3.22. The van der Waals surface area contributed by atoms with E-state index in [4.69, 9.17) is 9.72 Å². The molecule has 3 aliphatic carbocycles. The molecule has 0 unspecified atom stereocenters. The molecule has 33 heavy (non-hydrogen) atoms. The number of hydrogen-bond acceptors (Lipinski definition) is 6. The van der Waals surface area contributed by atoms with Gasteiger partial charge in [0.15, 0.2) is 0 Å². The molecule has 0 bridgehead atoms. The zero-order valence-electron chi connectivity index (χ0n) is 19.3. The highest BCUT2D eigenvalue weighted by atomic mass is 16.5. The summed E-state index contributed by atoms with van der Waals surface area (Å²) in [5.74, 6) is 2.38. The molecule has 0 N–H and O–H groups in total. The van der Waals surface area contributed by atoms with Crippen LogP contribution in [0.3, 0.4) is 0 Å². The summed E-state index contributed by atoms with van der Waals surface area (Å²) in [6, 6.07) is 2.70. The van der Waals surface area contributed by atoms with Gasteiger partial charge in [-0.05, 0) is 62.0 Å². The van der Waals surface area contributed by atoms with E-state index in [0.29, 0.717) is 42.8 Å². The highest BCUT2D eigenvalue weighted by molar-refractivity contribution is 5.82. The Hall–Kier alpha value is -2.82. The highest BCUT2D eigenvalue weighted by Gasteiger charge is 2.45. The number of anilines is 1. The summed E-state index contributed by atoms with van der Waals surface area (Å²) >= 11 is 0. The normalized spacial score (nSPS) is 24.8.